The van der Waals surface area contributed by atoms with Crippen molar-refractivity contribution in [3.63, 3.8) is 0 Å². The van der Waals surface area contributed by atoms with Crippen LogP contribution >= 0.6 is 0 Å². The average molecular weight is 187 g/mol. The summed E-state index contributed by atoms with van der Waals surface area (Å²) in [4.78, 5) is 4.69. The van der Waals surface area contributed by atoms with E-state index in [2.05, 4.69) is 24.3 Å². The van der Waals surface area contributed by atoms with E-state index in [0.29, 0.717) is 0 Å². The van der Waals surface area contributed by atoms with Crippen LogP contribution in [0.15, 0.2) is 35.3 Å². The highest BCUT2D eigenvalue weighted by molar-refractivity contribution is 5.87. The van der Waals surface area contributed by atoms with Crippen molar-refractivity contribution in [3.8, 4) is 0 Å². The SMILES string of the molecule is c1ccc(N=C2CCCCCC2)cc1. The first-order valence-corrected chi connectivity index (χ1v) is 5.57. The molecule has 0 aromatic heterocycles. The van der Waals surface area contributed by atoms with E-state index in [-0.39, 0.29) is 0 Å². The molecule has 0 aliphatic heterocycles. The summed E-state index contributed by atoms with van der Waals surface area (Å²) >= 11 is 0. The highest BCUT2D eigenvalue weighted by Gasteiger charge is 2.05. The Kier molecular flexibility index (Phi) is 3.33. The van der Waals surface area contributed by atoms with E-state index in [4.69, 9.17) is 4.99 Å². The second-order valence-electron chi connectivity index (χ2n) is 3.93. The minimum atomic E-state index is 1.12. The van der Waals surface area contributed by atoms with Gasteiger partial charge in [-0.2, -0.15) is 0 Å². The Labute approximate surface area is 85.9 Å². The summed E-state index contributed by atoms with van der Waals surface area (Å²) in [5, 5.41) is 0. The van der Waals surface area contributed by atoms with Crippen molar-refractivity contribution in [2.24, 2.45) is 4.99 Å². The summed E-state index contributed by atoms with van der Waals surface area (Å²) in [6.45, 7) is 0. The van der Waals surface area contributed by atoms with Gasteiger partial charge in [0.2, 0.25) is 0 Å². The van der Waals surface area contributed by atoms with Crippen molar-refractivity contribution in [2.75, 3.05) is 0 Å². The van der Waals surface area contributed by atoms with E-state index in [9.17, 15) is 0 Å². The zero-order valence-electron chi connectivity index (χ0n) is 8.58. The lowest BCUT2D eigenvalue weighted by Crippen LogP contribution is -1.94. The van der Waals surface area contributed by atoms with Gasteiger partial charge in [0.15, 0.2) is 0 Å². The fourth-order valence-electron chi connectivity index (χ4n) is 1.93. The van der Waals surface area contributed by atoms with Crippen molar-refractivity contribution >= 4 is 11.4 Å². The van der Waals surface area contributed by atoms with Crippen LogP contribution in [-0.2, 0) is 0 Å². The molecule has 1 aromatic rings. The lowest BCUT2D eigenvalue weighted by atomic mass is 10.2. The number of nitrogens with zero attached hydrogens (tertiary/aromatic N) is 1. The molecule has 14 heavy (non-hydrogen) atoms. The standard InChI is InChI=1S/C13H17N/c1-2-5-9-12(8-4-1)14-13-10-6-3-7-11-13/h3,6-7,10-11H,1-2,4-5,8-9H2. The van der Waals surface area contributed by atoms with E-state index in [0.717, 1.165) is 5.69 Å². The summed E-state index contributed by atoms with van der Waals surface area (Å²) < 4.78 is 0. The predicted octanol–water partition coefficient (Wildman–Crippen LogP) is 4.11. The number of benzene rings is 1. The Morgan fingerprint density at radius 3 is 2.07 bits per heavy atom. The molecule has 1 aliphatic rings. The number of aliphatic imine (C=N–C) groups is 1. The van der Waals surface area contributed by atoms with Crippen LogP contribution in [-0.4, -0.2) is 5.71 Å². The van der Waals surface area contributed by atoms with Crippen LogP contribution in [0.25, 0.3) is 0 Å². The van der Waals surface area contributed by atoms with Gasteiger partial charge >= 0.3 is 0 Å². The summed E-state index contributed by atoms with van der Waals surface area (Å²) in [6, 6.07) is 10.3. The summed E-state index contributed by atoms with van der Waals surface area (Å²) in [5.74, 6) is 0. The van der Waals surface area contributed by atoms with E-state index < -0.39 is 0 Å². The first-order valence-electron chi connectivity index (χ1n) is 5.57. The molecule has 2 rings (SSSR count). The Balaban J connectivity index is 2.09. The molecule has 0 heterocycles. The second-order valence-corrected chi connectivity index (χ2v) is 3.93. The molecule has 0 N–H and O–H groups in total. The van der Waals surface area contributed by atoms with Crippen molar-refractivity contribution in [3.05, 3.63) is 30.3 Å². The molecular formula is C13H17N. The van der Waals surface area contributed by atoms with Crippen LogP contribution in [0.5, 0.6) is 0 Å². The first kappa shape index (κ1) is 9.45. The fourth-order valence-corrected chi connectivity index (χ4v) is 1.93. The van der Waals surface area contributed by atoms with Crippen LogP contribution < -0.4 is 0 Å². The molecule has 0 spiro atoms. The Morgan fingerprint density at radius 1 is 0.786 bits per heavy atom. The average Bonchev–Trinajstić information content (AvgIpc) is 2.48. The van der Waals surface area contributed by atoms with E-state index in [1.54, 1.807) is 0 Å². The molecule has 74 valence electrons. The van der Waals surface area contributed by atoms with Gasteiger partial charge in [-0.3, -0.25) is 4.99 Å². The van der Waals surface area contributed by atoms with Crippen LogP contribution in [0.2, 0.25) is 0 Å². The van der Waals surface area contributed by atoms with E-state index in [1.165, 1.54) is 44.2 Å². The maximum atomic E-state index is 4.69. The van der Waals surface area contributed by atoms with Crippen molar-refractivity contribution in [1.29, 1.82) is 0 Å². The van der Waals surface area contributed by atoms with Crippen LogP contribution in [0, 0.1) is 0 Å². The maximum Gasteiger partial charge on any atom is 0.0629 e. The Bertz CT molecular complexity index is 290. The molecule has 0 amide bonds. The zero-order valence-corrected chi connectivity index (χ0v) is 8.58. The lowest BCUT2D eigenvalue weighted by Gasteiger charge is -2.01. The number of rotatable bonds is 1. The molecule has 1 aliphatic carbocycles. The van der Waals surface area contributed by atoms with Crippen LogP contribution in [0.3, 0.4) is 0 Å². The van der Waals surface area contributed by atoms with Crippen molar-refractivity contribution in [2.45, 2.75) is 38.5 Å². The van der Waals surface area contributed by atoms with Crippen LogP contribution in [0.4, 0.5) is 5.69 Å². The van der Waals surface area contributed by atoms with Crippen molar-refractivity contribution < 1.29 is 0 Å². The number of hydrogen-bond donors (Lipinski definition) is 0. The highest BCUT2D eigenvalue weighted by Crippen LogP contribution is 2.19. The van der Waals surface area contributed by atoms with E-state index >= 15 is 0 Å². The Morgan fingerprint density at radius 2 is 1.43 bits per heavy atom. The quantitative estimate of drug-likeness (QED) is 0.586. The molecule has 1 fully saturated rings. The predicted molar refractivity (Wildman–Crippen MR) is 61.2 cm³/mol. The molecule has 1 aromatic carbocycles. The molecule has 1 heteroatoms. The molecular weight excluding hydrogens is 170 g/mol. The van der Waals surface area contributed by atoms with Gasteiger partial charge in [0.1, 0.15) is 0 Å². The molecule has 0 saturated heterocycles. The van der Waals surface area contributed by atoms with Gasteiger partial charge < -0.3 is 0 Å². The summed E-state index contributed by atoms with van der Waals surface area (Å²) in [7, 11) is 0. The second kappa shape index (κ2) is 4.94. The smallest absolute Gasteiger partial charge is 0.0629 e. The molecule has 0 radical (unpaired) electrons. The molecule has 1 saturated carbocycles. The normalized spacial score (nSPS) is 17.6. The zero-order chi connectivity index (χ0) is 9.64. The summed E-state index contributed by atoms with van der Waals surface area (Å²) in [6.07, 6.45) is 7.82. The highest BCUT2D eigenvalue weighted by atomic mass is 14.7. The van der Waals surface area contributed by atoms with Gasteiger partial charge in [-0.15, -0.1) is 0 Å². The maximum absolute atomic E-state index is 4.69. The lowest BCUT2D eigenvalue weighted by molar-refractivity contribution is 0.702. The third-order valence-electron chi connectivity index (χ3n) is 2.72. The van der Waals surface area contributed by atoms with Crippen molar-refractivity contribution in [1.82, 2.24) is 0 Å². The third-order valence-corrected chi connectivity index (χ3v) is 2.72. The number of hydrogen-bond acceptors (Lipinski definition) is 1. The van der Waals surface area contributed by atoms with Gasteiger partial charge in [0, 0.05) is 5.71 Å². The minimum Gasteiger partial charge on any atom is -0.258 e. The molecule has 1 nitrogen and oxygen atoms in total. The third kappa shape index (κ3) is 2.69. The minimum absolute atomic E-state index is 1.12. The van der Waals surface area contributed by atoms with Crippen LogP contribution in [0.1, 0.15) is 38.5 Å². The molecule has 0 bridgehead atoms. The van der Waals surface area contributed by atoms with Gasteiger partial charge in [-0.25, -0.2) is 0 Å². The van der Waals surface area contributed by atoms with Gasteiger partial charge in [0.25, 0.3) is 0 Å². The van der Waals surface area contributed by atoms with Gasteiger partial charge in [-0.05, 0) is 37.8 Å². The first-order chi connectivity index (χ1) is 6.95. The molecule has 0 atom stereocenters. The van der Waals surface area contributed by atoms with E-state index in [1.807, 2.05) is 6.07 Å². The monoisotopic (exact) mass is 187 g/mol. The van der Waals surface area contributed by atoms with Gasteiger partial charge in [0.05, 0.1) is 5.69 Å². The fraction of sp³-hybridized carbons (Fsp3) is 0.462. The number of para-hydroxylation sites is 1. The largest absolute Gasteiger partial charge is 0.258 e. The molecule has 0 unspecified atom stereocenters. The topological polar surface area (TPSA) is 12.4 Å². The van der Waals surface area contributed by atoms with Gasteiger partial charge in [-0.1, -0.05) is 31.0 Å². The summed E-state index contributed by atoms with van der Waals surface area (Å²) in [5.41, 5.74) is 2.51. The Hall–Kier alpha value is -1.11.